The third-order valence-electron chi connectivity index (χ3n) is 1.96. The van der Waals surface area contributed by atoms with Gasteiger partial charge in [-0.1, -0.05) is 6.07 Å². The van der Waals surface area contributed by atoms with Crippen LogP contribution in [0.2, 0.25) is 0 Å². The van der Waals surface area contributed by atoms with Crippen LogP contribution in [0.25, 0.3) is 0 Å². The van der Waals surface area contributed by atoms with Crippen LogP contribution in [-0.2, 0) is 9.53 Å². The molecule has 0 aliphatic rings. The number of non-ortho nitro benzene ring substituents is 1. The van der Waals surface area contributed by atoms with Gasteiger partial charge in [0.2, 0.25) is 0 Å². The molecule has 0 aliphatic carbocycles. The molecule has 1 aromatic carbocycles. The zero-order valence-corrected chi connectivity index (χ0v) is 9.16. The van der Waals surface area contributed by atoms with E-state index in [2.05, 4.69) is 4.74 Å². The van der Waals surface area contributed by atoms with E-state index in [1.807, 2.05) is 0 Å². The Morgan fingerprint density at radius 3 is 2.88 bits per heavy atom. The summed E-state index contributed by atoms with van der Waals surface area (Å²) < 4.78 is 9.56. The summed E-state index contributed by atoms with van der Waals surface area (Å²) in [6, 6.07) is 4.70. The number of carbonyl (C=O) groups is 1. The van der Waals surface area contributed by atoms with Crippen LogP contribution in [0.4, 0.5) is 5.69 Å². The van der Waals surface area contributed by atoms with Gasteiger partial charge in [0.25, 0.3) is 5.69 Å². The van der Waals surface area contributed by atoms with Gasteiger partial charge >= 0.3 is 5.97 Å². The summed E-state index contributed by atoms with van der Waals surface area (Å²) in [5, 5.41) is 10.5. The van der Waals surface area contributed by atoms with Gasteiger partial charge in [-0.3, -0.25) is 14.9 Å². The largest absolute Gasteiger partial charge is 0.491 e. The molecular weight excluding hydrogens is 228 g/mol. The van der Waals surface area contributed by atoms with Crippen LogP contribution in [-0.4, -0.2) is 30.7 Å². The predicted octanol–water partition coefficient (Wildman–Crippen LogP) is 0.474. The molecule has 0 radical (unpaired) electrons. The average molecular weight is 240 g/mol. The smallest absolute Gasteiger partial charge is 0.326 e. The van der Waals surface area contributed by atoms with Crippen LogP contribution >= 0.6 is 0 Å². The monoisotopic (exact) mass is 240 g/mol. The first-order valence-electron chi connectivity index (χ1n) is 4.75. The molecule has 7 nitrogen and oxygen atoms in total. The summed E-state index contributed by atoms with van der Waals surface area (Å²) in [5.41, 5.74) is 5.35. The first-order chi connectivity index (χ1) is 8.04. The van der Waals surface area contributed by atoms with E-state index in [0.29, 0.717) is 0 Å². The Kier molecular flexibility index (Phi) is 4.41. The van der Waals surface area contributed by atoms with E-state index < -0.39 is 16.9 Å². The Morgan fingerprint density at radius 1 is 1.59 bits per heavy atom. The topological polar surface area (TPSA) is 105 Å². The van der Waals surface area contributed by atoms with Crippen LogP contribution < -0.4 is 10.5 Å². The molecule has 1 aromatic rings. The second-order valence-electron chi connectivity index (χ2n) is 3.20. The lowest BCUT2D eigenvalue weighted by Crippen LogP contribution is -2.37. The molecular formula is C10H12N2O5. The molecule has 17 heavy (non-hydrogen) atoms. The molecule has 1 rings (SSSR count). The lowest BCUT2D eigenvalue weighted by molar-refractivity contribution is -0.384. The minimum absolute atomic E-state index is 0.0888. The van der Waals surface area contributed by atoms with E-state index in [9.17, 15) is 14.9 Å². The summed E-state index contributed by atoms with van der Waals surface area (Å²) in [6.07, 6.45) is 0. The van der Waals surface area contributed by atoms with Crippen molar-refractivity contribution in [2.45, 2.75) is 6.04 Å². The molecule has 7 heteroatoms. The zero-order chi connectivity index (χ0) is 12.8. The molecule has 0 saturated heterocycles. The molecule has 0 aliphatic heterocycles. The van der Waals surface area contributed by atoms with E-state index in [0.717, 1.165) is 0 Å². The minimum Gasteiger partial charge on any atom is -0.491 e. The second kappa shape index (κ2) is 5.80. The number of nitro groups is 1. The molecule has 0 aromatic heterocycles. The first-order valence-corrected chi connectivity index (χ1v) is 4.75. The third kappa shape index (κ3) is 3.72. The number of methoxy groups -OCH3 is 1. The van der Waals surface area contributed by atoms with Gasteiger partial charge in [0.15, 0.2) is 0 Å². The highest BCUT2D eigenvalue weighted by molar-refractivity contribution is 5.75. The lowest BCUT2D eigenvalue weighted by Gasteiger charge is -2.10. The Morgan fingerprint density at radius 2 is 2.29 bits per heavy atom. The Bertz CT molecular complexity index is 421. The quantitative estimate of drug-likeness (QED) is 0.455. The highest BCUT2D eigenvalue weighted by atomic mass is 16.6. The van der Waals surface area contributed by atoms with Crippen molar-refractivity contribution in [3.63, 3.8) is 0 Å². The number of carbonyl (C=O) groups excluding carboxylic acids is 1. The maximum Gasteiger partial charge on any atom is 0.326 e. The van der Waals surface area contributed by atoms with Crippen LogP contribution in [0.15, 0.2) is 24.3 Å². The number of rotatable bonds is 5. The SMILES string of the molecule is COC(=O)C(N)COc1cccc([N+](=O)[O-])c1. The number of hydrogen-bond acceptors (Lipinski definition) is 6. The Hall–Kier alpha value is -2.15. The Labute approximate surface area is 97.3 Å². The molecule has 0 fully saturated rings. The van der Waals surface area contributed by atoms with Gasteiger partial charge in [0.1, 0.15) is 18.4 Å². The maximum atomic E-state index is 11.0. The first kappa shape index (κ1) is 12.9. The van der Waals surface area contributed by atoms with Gasteiger partial charge in [-0.15, -0.1) is 0 Å². The fourth-order valence-electron chi connectivity index (χ4n) is 1.09. The van der Waals surface area contributed by atoms with Gasteiger partial charge in [-0.05, 0) is 6.07 Å². The van der Waals surface area contributed by atoms with Crippen molar-refractivity contribution in [3.05, 3.63) is 34.4 Å². The van der Waals surface area contributed by atoms with Crippen molar-refractivity contribution >= 4 is 11.7 Å². The van der Waals surface area contributed by atoms with Gasteiger partial charge in [-0.2, -0.15) is 0 Å². The van der Waals surface area contributed by atoms with Gasteiger partial charge in [-0.25, -0.2) is 0 Å². The molecule has 0 heterocycles. The van der Waals surface area contributed by atoms with Crippen molar-refractivity contribution in [1.29, 1.82) is 0 Å². The normalized spacial score (nSPS) is 11.6. The summed E-state index contributed by atoms with van der Waals surface area (Å²) >= 11 is 0. The van der Waals surface area contributed by atoms with Gasteiger partial charge in [0.05, 0.1) is 18.1 Å². The van der Waals surface area contributed by atoms with Crippen LogP contribution in [0, 0.1) is 10.1 Å². The fraction of sp³-hybridized carbons (Fsp3) is 0.300. The molecule has 1 unspecified atom stereocenters. The van der Waals surface area contributed by atoms with E-state index in [-0.39, 0.29) is 18.0 Å². The van der Waals surface area contributed by atoms with Crippen molar-refractivity contribution in [2.75, 3.05) is 13.7 Å². The average Bonchev–Trinajstić information content (AvgIpc) is 2.35. The Balaban J connectivity index is 2.60. The number of nitrogens with zero attached hydrogens (tertiary/aromatic N) is 1. The predicted molar refractivity (Wildman–Crippen MR) is 58.6 cm³/mol. The summed E-state index contributed by atoms with van der Waals surface area (Å²) in [4.78, 5) is 20.9. The van der Waals surface area contributed by atoms with Crippen molar-refractivity contribution < 1.29 is 19.2 Å². The number of nitro benzene ring substituents is 1. The van der Waals surface area contributed by atoms with Gasteiger partial charge in [0, 0.05) is 6.07 Å². The molecule has 1 atom stereocenters. The maximum absolute atomic E-state index is 11.0. The van der Waals surface area contributed by atoms with Crippen LogP contribution in [0.5, 0.6) is 5.75 Å². The molecule has 0 amide bonds. The van der Waals surface area contributed by atoms with Crippen molar-refractivity contribution in [2.24, 2.45) is 5.73 Å². The van der Waals surface area contributed by atoms with E-state index in [1.54, 1.807) is 0 Å². The lowest BCUT2D eigenvalue weighted by atomic mass is 10.3. The number of ether oxygens (including phenoxy) is 2. The number of nitrogens with two attached hydrogens (primary N) is 1. The molecule has 0 spiro atoms. The van der Waals surface area contributed by atoms with Crippen molar-refractivity contribution in [3.8, 4) is 5.75 Å². The van der Waals surface area contributed by atoms with E-state index in [1.165, 1.54) is 31.4 Å². The molecule has 2 N–H and O–H groups in total. The third-order valence-corrected chi connectivity index (χ3v) is 1.96. The summed E-state index contributed by atoms with van der Waals surface area (Å²) in [7, 11) is 1.22. The number of esters is 1. The highest BCUT2D eigenvalue weighted by Crippen LogP contribution is 2.18. The summed E-state index contributed by atoms with van der Waals surface area (Å²) in [5.74, 6) is -0.325. The van der Waals surface area contributed by atoms with Crippen molar-refractivity contribution in [1.82, 2.24) is 0 Å². The minimum atomic E-state index is -0.917. The zero-order valence-electron chi connectivity index (χ0n) is 9.16. The second-order valence-corrected chi connectivity index (χ2v) is 3.20. The van der Waals surface area contributed by atoms with Crippen LogP contribution in [0.3, 0.4) is 0 Å². The molecule has 0 bridgehead atoms. The number of hydrogen-bond donors (Lipinski definition) is 1. The van der Waals surface area contributed by atoms with Crippen LogP contribution in [0.1, 0.15) is 0 Å². The molecule has 0 saturated carbocycles. The van der Waals surface area contributed by atoms with E-state index >= 15 is 0 Å². The number of benzene rings is 1. The standard InChI is InChI=1S/C10H12N2O5/c1-16-10(13)9(11)6-17-8-4-2-3-7(5-8)12(14)15/h2-5,9H,6,11H2,1H3. The van der Waals surface area contributed by atoms with E-state index in [4.69, 9.17) is 10.5 Å². The summed E-state index contributed by atoms with van der Waals surface area (Å²) in [6.45, 7) is -0.103. The van der Waals surface area contributed by atoms with Gasteiger partial charge < -0.3 is 15.2 Å². The molecule has 92 valence electrons. The fourth-order valence-corrected chi connectivity index (χ4v) is 1.09. The highest BCUT2D eigenvalue weighted by Gasteiger charge is 2.15.